The molecular formula is C19H22N4O2. The zero-order valence-corrected chi connectivity index (χ0v) is 14.1. The molecule has 2 aliphatic heterocycles. The van der Waals surface area contributed by atoms with Gasteiger partial charge < -0.3 is 15.0 Å². The van der Waals surface area contributed by atoms with E-state index in [9.17, 15) is 4.79 Å². The molecule has 0 radical (unpaired) electrons. The van der Waals surface area contributed by atoms with Crippen LogP contribution in [0, 0.1) is 11.3 Å². The van der Waals surface area contributed by atoms with E-state index in [1.807, 2.05) is 18.2 Å². The molecule has 130 valence electrons. The monoisotopic (exact) mass is 338 g/mol. The van der Waals surface area contributed by atoms with Crippen molar-refractivity contribution in [3.63, 3.8) is 0 Å². The quantitative estimate of drug-likeness (QED) is 0.890. The van der Waals surface area contributed by atoms with E-state index in [-0.39, 0.29) is 11.8 Å². The summed E-state index contributed by atoms with van der Waals surface area (Å²) in [4.78, 5) is 23.7. The average molecular weight is 338 g/mol. The zero-order valence-electron chi connectivity index (χ0n) is 14.1. The third-order valence-corrected chi connectivity index (χ3v) is 5.20. The molecule has 2 aromatic rings. The van der Waals surface area contributed by atoms with Gasteiger partial charge in [0.25, 0.3) is 0 Å². The molecule has 25 heavy (non-hydrogen) atoms. The predicted octanol–water partition coefficient (Wildman–Crippen LogP) is 1.29. The molecule has 0 saturated carbocycles. The number of aromatic nitrogens is 2. The van der Waals surface area contributed by atoms with Crippen LogP contribution in [0.3, 0.4) is 0 Å². The highest BCUT2D eigenvalue weighted by molar-refractivity contribution is 5.85. The van der Waals surface area contributed by atoms with E-state index in [2.05, 4.69) is 32.3 Å². The molecule has 1 amide bonds. The van der Waals surface area contributed by atoms with Gasteiger partial charge in [-0.25, -0.2) is 9.97 Å². The van der Waals surface area contributed by atoms with Crippen molar-refractivity contribution in [3.8, 4) is 0 Å². The molecule has 1 aromatic heterocycles. The molecule has 0 unspecified atom stereocenters. The topological polar surface area (TPSA) is 67.3 Å². The second-order valence-corrected chi connectivity index (χ2v) is 6.79. The van der Waals surface area contributed by atoms with Gasteiger partial charge in [0.2, 0.25) is 11.9 Å². The molecular weight excluding hydrogens is 316 g/mol. The lowest BCUT2D eigenvalue weighted by Crippen LogP contribution is -2.47. The first-order valence-electron chi connectivity index (χ1n) is 8.70. The Morgan fingerprint density at radius 2 is 2.04 bits per heavy atom. The van der Waals surface area contributed by atoms with Crippen LogP contribution >= 0.6 is 0 Å². The fourth-order valence-electron chi connectivity index (χ4n) is 3.80. The maximum absolute atomic E-state index is 13.0. The molecule has 0 bridgehead atoms. The van der Waals surface area contributed by atoms with Crippen LogP contribution in [-0.2, 0) is 16.0 Å². The molecule has 1 N–H and O–H groups in total. The zero-order chi connectivity index (χ0) is 17.1. The Morgan fingerprint density at radius 1 is 1.24 bits per heavy atom. The second kappa shape index (κ2) is 6.80. The first kappa shape index (κ1) is 16.0. The lowest BCUT2D eigenvalue weighted by molar-refractivity contribution is -0.131. The van der Waals surface area contributed by atoms with Crippen molar-refractivity contribution in [1.29, 1.82) is 0 Å². The number of fused-ring (bicyclic) bond motifs is 1. The van der Waals surface area contributed by atoms with E-state index in [0.29, 0.717) is 32.3 Å². The molecule has 0 aliphatic carbocycles. The van der Waals surface area contributed by atoms with Crippen molar-refractivity contribution < 1.29 is 9.53 Å². The van der Waals surface area contributed by atoms with E-state index in [0.717, 1.165) is 13.0 Å². The highest BCUT2D eigenvalue weighted by Gasteiger charge is 2.56. The Labute approximate surface area is 147 Å². The maximum Gasteiger partial charge on any atom is 0.230 e. The maximum atomic E-state index is 13.0. The summed E-state index contributed by atoms with van der Waals surface area (Å²) in [6.07, 6.45) is 4.30. The standard InChI is InChI=1S/C19H22N4O2/c24-17(20-10-7-15-5-2-1-3-6-15)19-13-23(11-16(19)12-25-14-19)18-21-8-4-9-22-18/h1-6,8-9,16H,7,10-14H2,(H,20,24)/t16-,19-/m0/s1. The molecule has 3 heterocycles. The van der Waals surface area contributed by atoms with E-state index < -0.39 is 5.41 Å². The van der Waals surface area contributed by atoms with Crippen LogP contribution in [0.2, 0.25) is 0 Å². The number of ether oxygens (including phenoxy) is 1. The molecule has 2 saturated heterocycles. The van der Waals surface area contributed by atoms with Crippen LogP contribution in [0.1, 0.15) is 5.56 Å². The van der Waals surface area contributed by atoms with Crippen molar-refractivity contribution in [1.82, 2.24) is 15.3 Å². The molecule has 2 aliphatic rings. The van der Waals surface area contributed by atoms with Gasteiger partial charge in [-0.15, -0.1) is 0 Å². The van der Waals surface area contributed by atoms with E-state index >= 15 is 0 Å². The number of rotatable bonds is 5. The summed E-state index contributed by atoms with van der Waals surface area (Å²) in [5.41, 5.74) is 0.737. The minimum absolute atomic E-state index is 0.0874. The van der Waals surface area contributed by atoms with Crippen molar-refractivity contribution >= 4 is 11.9 Å². The summed E-state index contributed by atoms with van der Waals surface area (Å²) >= 11 is 0. The van der Waals surface area contributed by atoms with Crippen molar-refractivity contribution in [2.24, 2.45) is 11.3 Å². The van der Waals surface area contributed by atoms with Crippen LogP contribution in [0.15, 0.2) is 48.8 Å². The third kappa shape index (κ3) is 3.09. The van der Waals surface area contributed by atoms with Crippen LogP contribution in [0.25, 0.3) is 0 Å². The summed E-state index contributed by atoms with van der Waals surface area (Å²) in [5.74, 6) is 0.964. The first-order chi connectivity index (χ1) is 12.3. The fourth-order valence-corrected chi connectivity index (χ4v) is 3.80. The Morgan fingerprint density at radius 3 is 2.84 bits per heavy atom. The van der Waals surface area contributed by atoms with E-state index in [1.54, 1.807) is 18.5 Å². The van der Waals surface area contributed by atoms with Gasteiger partial charge in [-0.1, -0.05) is 30.3 Å². The fraction of sp³-hybridized carbons (Fsp3) is 0.421. The van der Waals surface area contributed by atoms with Crippen LogP contribution in [0.5, 0.6) is 0 Å². The molecule has 2 atom stereocenters. The Balaban J connectivity index is 1.41. The summed E-state index contributed by atoms with van der Waals surface area (Å²) < 4.78 is 5.66. The van der Waals surface area contributed by atoms with Crippen molar-refractivity contribution in [2.75, 3.05) is 37.7 Å². The molecule has 4 rings (SSSR count). The summed E-state index contributed by atoms with van der Waals surface area (Å²) in [5, 5.41) is 3.12. The molecule has 2 fully saturated rings. The van der Waals surface area contributed by atoms with Gasteiger partial charge in [0.05, 0.1) is 18.6 Å². The number of nitrogens with zero attached hydrogens (tertiary/aromatic N) is 3. The molecule has 1 aromatic carbocycles. The number of amides is 1. The number of benzene rings is 1. The Kier molecular flexibility index (Phi) is 4.36. The summed E-state index contributed by atoms with van der Waals surface area (Å²) in [6, 6.07) is 12.0. The van der Waals surface area contributed by atoms with Gasteiger partial charge in [-0.05, 0) is 18.1 Å². The smallest absolute Gasteiger partial charge is 0.230 e. The van der Waals surface area contributed by atoms with Gasteiger partial charge in [0.1, 0.15) is 0 Å². The lowest BCUT2D eigenvalue weighted by atomic mass is 9.80. The van der Waals surface area contributed by atoms with E-state index in [4.69, 9.17) is 4.74 Å². The van der Waals surface area contributed by atoms with Crippen LogP contribution in [-0.4, -0.2) is 48.7 Å². The summed E-state index contributed by atoms with van der Waals surface area (Å²) in [7, 11) is 0. The molecule has 6 heteroatoms. The normalized spacial score (nSPS) is 25.0. The predicted molar refractivity (Wildman–Crippen MR) is 94.1 cm³/mol. The largest absolute Gasteiger partial charge is 0.380 e. The van der Waals surface area contributed by atoms with Gasteiger partial charge in [-0.3, -0.25) is 4.79 Å². The third-order valence-electron chi connectivity index (χ3n) is 5.20. The highest BCUT2D eigenvalue weighted by atomic mass is 16.5. The number of hydrogen-bond donors (Lipinski definition) is 1. The van der Waals surface area contributed by atoms with Gasteiger partial charge in [-0.2, -0.15) is 0 Å². The minimum atomic E-state index is -0.490. The van der Waals surface area contributed by atoms with Crippen LogP contribution < -0.4 is 10.2 Å². The summed E-state index contributed by atoms with van der Waals surface area (Å²) in [6.45, 7) is 3.10. The van der Waals surface area contributed by atoms with Gasteiger partial charge in [0, 0.05) is 37.9 Å². The second-order valence-electron chi connectivity index (χ2n) is 6.79. The Bertz CT molecular complexity index is 725. The van der Waals surface area contributed by atoms with Gasteiger partial charge in [0.15, 0.2) is 0 Å². The number of anilines is 1. The SMILES string of the molecule is O=C(NCCc1ccccc1)[C@@]12COC[C@@H]1CN(c1ncccn1)C2. The number of carbonyl (C=O) groups is 1. The number of nitrogens with one attached hydrogen (secondary N) is 1. The lowest BCUT2D eigenvalue weighted by Gasteiger charge is -2.26. The van der Waals surface area contributed by atoms with Crippen molar-refractivity contribution in [3.05, 3.63) is 54.4 Å². The Hall–Kier alpha value is -2.47. The number of hydrogen-bond acceptors (Lipinski definition) is 5. The first-order valence-corrected chi connectivity index (χ1v) is 8.70. The van der Waals surface area contributed by atoms with E-state index in [1.165, 1.54) is 5.56 Å². The molecule has 6 nitrogen and oxygen atoms in total. The number of carbonyl (C=O) groups excluding carboxylic acids is 1. The molecule has 0 spiro atoms. The average Bonchev–Trinajstić information content (AvgIpc) is 3.22. The van der Waals surface area contributed by atoms with Crippen LogP contribution in [0.4, 0.5) is 5.95 Å². The van der Waals surface area contributed by atoms with Gasteiger partial charge >= 0.3 is 0 Å². The van der Waals surface area contributed by atoms with Crippen molar-refractivity contribution in [2.45, 2.75) is 6.42 Å². The highest BCUT2D eigenvalue weighted by Crippen LogP contribution is 2.42. The minimum Gasteiger partial charge on any atom is -0.380 e.